The Morgan fingerprint density at radius 1 is 1.12 bits per heavy atom. The number of anilines is 2. The van der Waals surface area contributed by atoms with Crippen LogP contribution in [0.15, 0.2) is 30.6 Å². The molecule has 2 aromatic rings. The highest BCUT2D eigenvalue weighted by molar-refractivity contribution is 5.60. The zero-order chi connectivity index (χ0) is 17.3. The number of halogens is 3. The molecule has 0 N–H and O–H groups in total. The van der Waals surface area contributed by atoms with Crippen LogP contribution in [0.3, 0.4) is 0 Å². The quantitative estimate of drug-likeness (QED) is 0.846. The molecule has 0 aliphatic carbocycles. The Bertz CT molecular complexity index is 767. The number of aromatic nitrogens is 2. The van der Waals surface area contributed by atoms with Gasteiger partial charge in [-0.15, -0.1) is 0 Å². The summed E-state index contributed by atoms with van der Waals surface area (Å²) in [6, 6.07) is 5.42. The van der Waals surface area contributed by atoms with Crippen molar-refractivity contribution in [1.82, 2.24) is 9.78 Å². The van der Waals surface area contributed by atoms with Crippen LogP contribution in [0, 0.1) is 11.3 Å². The van der Waals surface area contributed by atoms with Gasteiger partial charge in [-0.3, -0.25) is 4.68 Å². The second-order valence-corrected chi connectivity index (χ2v) is 5.69. The van der Waals surface area contributed by atoms with Crippen LogP contribution in [0.2, 0.25) is 0 Å². The van der Waals surface area contributed by atoms with Gasteiger partial charge < -0.3 is 9.80 Å². The molecule has 126 valence electrons. The molecular formula is C16H16F3N5. The first-order valence-corrected chi connectivity index (χ1v) is 7.48. The van der Waals surface area contributed by atoms with Crippen molar-refractivity contribution in [2.75, 3.05) is 36.0 Å². The van der Waals surface area contributed by atoms with Crippen LogP contribution in [0.5, 0.6) is 0 Å². The molecule has 1 aliphatic rings. The van der Waals surface area contributed by atoms with E-state index >= 15 is 0 Å². The van der Waals surface area contributed by atoms with Crippen molar-refractivity contribution in [2.45, 2.75) is 6.18 Å². The summed E-state index contributed by atoms with van der Waals surface area (Å²) in [5, 5.41) is 13.1. The van der Waals surface area contributed by atoms with Gasteiger partial charge in [-0.05, 0) is 18.2 Å². The van der Waals surface area contributed by atoms with Gasteiger partial charge in [0.05, 0.1) is 34.8 Å². The van der Waals surface area contributed by atoms with E-state index in [1.807, 2.05) is 19.3 Å². The molecule has 5 nitrogen and oxygen atoms in total. The molecule has 1 aromatic heterocycles. The van der Waals surface area contributed by atoms with E-state index in [2.05, 4.69) is 10.00 Å². The smallest absolute Gasteiger partial charge is 0.367 e. The van der Waals surface area contributed by atoms with Crippen molar-refractivity contribution in [3.05, 3.63) is 41.7 Å². The molecule has 3 rings (SSSR count). The van der Waals surface area contributed by atoms with Gasteiger partial charge in [-0.1, -0.05) is 0 Å². The fraction of sp³-hybridized carbons (Fsp3) is 0.375. The molecular weight excluding hydrogens is 319 g/mol. The number of alkyl halides is 3. The summed E-state index contributed by atoms with van der Waals surface area (Å²) in [5.41, 5.74) is 0.565. The minimum atomic E-state index is -4.44. The van der Waals surface area contributed by atoms with Crippen LogP contribution in [0.25, 0.3) is 0 Å². The largest absolute Gasteiger partial charge is 0.418 e. The average molecular weight is 335 g/mol. The van der Waals surface area contributed by atoms with Crippen LogP contribution in [0.1, 0.15) is 11.1 Å². The van der Waals surface area contributed by atoms with Gasteiger partial charge in [-0.2, -0.15) is 23.5 Å². The first-order chi connectivity index (χ1) is 11.4. The van der Waals surface area contributed by atoms with E-state index in [0.717, 1.165) is 11.8 Å². The Labute approximate surface area is 137 Å². The van der Waals surface area contributed by atoms with Gasteiger partial charge in [0.2, 0.25) is 0 Å². The predicted molar refractivity (Wildman–Crippen MR) is 83.8 cm³/mol. The number of rotatable bonds is 2. The molecule has 0 atom stereocenters. The standard InChI is InChI=1S/C16H16F3N5/c1-22-11-13(10-21-22)23-4-6-24(7-5-23)15-8-12(9-20)2-3-14(15)16(17,18)19/h2-3,8,10-11H,4-7H2,1H3. The molecule has 0 saturated carbocycles. The lowest BCUT2D eigenvalue weighted by Gasteiger charge is -2.37. The summed E-state index contributed by atoms with van der Waals surface area (Å²) in [6.07, 6.45) is -0.815. The van der Waals surface area contributed by atoms with Gasteiger partial charge in [0.1, 0.15) is 0 Å². The highest BCUT2D eigenvalue weighted by atomic mass is 19.4. The van der Waals surface area contributed by atoms with Crippen molar-refractivity contribution in [2.24, 2.45) is 7.05 Å². The summed E-state index contributed by atoms with van der Waals surface area (Å²) < 4.78 is 41.5. The Kier molecular flexibility index (Phi) is 4.09. The van der Waals surface area contributed by atoms with Crippen LogP contribution < -0.4 is 9.80 Å². The second-order valence-electron chi connectivity index (χ2n) is 5.69. The maximum absolute atomic E-state index is 13.3. The third kappa shape index (κ3) is 3.15. The van der Waals surface area contributed by atoms with Gasteiger partial charge in [0.25, 0.3) is 0 Å². The van der Waals surface area contributed by atoms with Crippen LogP contribution in [-0.4, -0.2) is 36.0 Å². The third-order valence-corrected chi connectivity index (χ3v) is 4.11. The number of aryl methyl sites for hydroxylation is 1. The second kappa shape index (κ2) is 6.07. The topological polar surface area (TPSA) is 48.1 Å². The minimum absolute atomic E-state index is 0.0763. The normalized spacial score (nSPS) is 15.5. The van der Waals surface area contributed by atoms with Gasteiger partial charge in [-0.25, -0.2) is 0 Å². The summed E-state index contributed by atoms with van der Waals surface area (Å²) in [6.45, 7) is 2.10. The lowest BCUT2D eigenvalue weighted by atomic mass is 10.1. The highest BCUT2D eigenvalue weighted by Gasteiger charge is 2.35. The van der Waals surface area contributed by atoms with Crippen molar-refractivity contribution in [3.63, 3.8) is 0 Å². The number of piperazine rings is 1. The summed E-state index contributed by atoms with van der Waals surface area (Å²) in [4.78, 5) is 3.78. The Hall–Kier alpha value is -2.69. The van der Waals surface area contributed by atoms with E-state index < -0.39 is 11.7 Å². The van der Waals surface area contributed by atoms with E-state index in [9.17, 15) is 13.2 Å². The van der Waals surface area contributed by atoms with Crippen molar-refractivity contribution >= 4 is 11.4 Å². The van der Waals surface area contributed by atoms with E-state index in [0.29, 0.717) is 26.2 Å². The van der Waals surface area contributed by atoms with Crippen LogP contribution >= 0.6 is 0 Å². The molecule has 24 heavy (non-hydrogen) atoms. The fourth-order valence-corrected chi connectivity index (χ4v) is 2.88. The Balaban J connectivity index is 1.82. The number of benzene rings is 1. The van der Waals surface area contributed by atoms with Gasteiger partial charge in [0.15, 0.2) is 0 Å². The lowest BCUT2D eigenvalue weighted by Crippen LogP contribution is -2.47. The molecule has 1 aliphatic heterocycles. The average Bonchev–Trinajstić information content (AvgIpc) is 3.00. The fourth-order valence-electron chi connectivity index (χ4n) is 2.88. The molecule has 0 bridgehead atoms. The maximum atomic E-state index is 13.3. The van der Waals surface area contributed by atoms with E-state index in [1.54, 1.807) is 15.8 Å². The molecule has 0 spiro atoms. The zero-order valence-electron chi connectivity index (χ0n) is 13.1. The monoisotopic (exact) mass is 335 g/mol. The molecule has 0 unspecified atom stereocenters. The van der Waals surface area contributed by atoms with E-state index in [4.69, 9.17) is 5.26 Å². The first-order valence-electron chi connectivity index (χ1n) is 7.48. The van der Waals surface area contributed by atoms with Crippen molar-refractivity contribution in [3.8, 4) is 6.07 Å². The molecule has 1 fully saturated rings. The predicted octanol–water partition coefficient (Wildman–Crippen LogP) is 2.64. The Morgan fingerprint density at radius 2 is 1.79 bits per heavy atom. The summed E-state index contributed by atoms with van der Waals surface area (Å²) in [7, 11) is 1.82. The molecule has 1 saturated heterocycles. The summed E-state index contributed by atoms with van der Waals surface area (Å²) in [5.74, 6) is 0. The molecule has 1 aromatic carbocycles. The highest BCUT2D eigenvalue weighted by Crippen LogP contribution is 2.37. The SMILES string of the molecule is Cn1cc(N2CCN(c3cc(C#N)ccc3C(F)(F)F)CC2)cn1. The number of nitrogens with zero attached hydrogens (tertiary/aromatic N) is 5. The van der Waals surface area contributed by atoms with Crippen LogP contribution in [0.4, 0.5) is 24.5 Å². The molecule has 0 amide bonds. The van der Waals surface area contributed by atoms with Gasteiger partial charge in [0, 0.05) is 39.4 Å². The maximum Gasteiger partial charge on any atom is 0.418 e. The van der Waals surface area contributed by atoms with Crippen molar-refractivity contribution < 1.29 is 13.2 Å². The lowest BCUT2D eigenvalue weighted by molar-refractivity contribution is -0.137. The molecule has 2 heterocycles. The van der Waals surface area contributed by atoms with Crippen LogP contribution in [-0.2, 0) is 13.2 Å². The van der Waals surface area contributed by atoms with Gasteiger partial charge >= 0.3 is 6.18 Å². The summed E-state index contributed by atoms with van der Waals surface area (Å²) >= 11 is 0. The third-order valence-electron chi connectivity index (χ3n) is 4.11. The Morgan fingerprint density at radius 3 is 2.33 bits per heavy atom. The zero-order valence-corrected chi connectivity index (χ0v) is 13.1. The van der Waals surface area contributed by atoms with E-state index in [1.165, 1.54) is 12.1 Å². The van der Waals surface area contributed by atoms with Crippen molar-refractivity contribution in [1.29, 1.82) is 5.26 Å². The molecule has 0 radical (unpaired) electrons. The minimum Gasteiger partial charge on any atom is -0.367 e. The molecule has 8 heteroatoms. The number of hydrogen-bond acceptors (Lipinski definition) is 4. The first kappa shape index (κ1) is 16.2. The van der Waals surface area contributed by atoms with E-state index in [-0.39, 0.29) is 11.3 Å². The number of hydrogen-bond donors (Lipinski definition) is 0. The number of nitriles is 1.